The normalized spacial score (nSPS) is 13.0. The Hall–Kier alpha value is -1.94. The van der Waals surface area contributed by atoms with Gasteiger partial charge in [0.05, 0.1) is 7.11 Å². The van der Waals surface area contributed by atoms with Crippen LogP contribution in [-0.4, -0.2) is 13.1 Å². The number of halogens is 2. The maximum absolute atomic E-state index is 13.1. The first-order chi connectivity index (χ1) is 13.1. The highest BCUT2D eigenvalue weighted by molar-refractivity contribution is 8.01. The van der Waals surface area contributed by atoms with Gasteiger partial charge in [0.2, 0.25) is 0 Å². The third kappa shape index (κ3) is 4.32. The molecule has 138 valence electrons. The zero-order valence-electron chi connectivity index (χ0n) is 14.7. The Bertz CT molecular complexity index is 896. The second-order valence-electron chi connectivity index (χ2n) is 5.98. The highest BCUT2D eigenvalue weighted by atomic mass is 35.5. The van der Waals surface area contributed by atoms with E-state index in [2.05, 4.69) is 0 Å². The standard InChI is InChI=1S/C22H18Cl2O2S/c1-26-21(25)22(16-9-4-2-5-10-16,27-17-11-6-3-7-12-17)15-18-19(23)13-8-14-20(18)24/h2-14H,15H2,1H3. The lowest BCUT2D eigenvalue weighted by atomic mass is 9.90. The van der Waals surface area contributed by atoms with Crippen LogP contribution in [0.1, 0.15) is 11.1 Å². The van der Waals surface area contributed by atoms with Crippen LogP contribution >= 0.6 is 35.0 Å². The lowest BCUT2D eigenvalue weighted by Crippen LogP contribution is -2.36. The van der Waals surface area contributed by atoms with Gasteiger partial charge in [0, 0.05) is 21.4 Å². The molecule has 1 unspecified atom stereocenters. The molecule has 3 aromatic rings. The third-order valence-electron chi connectivity index (χ3n) is 4.28. The molecule has 0 aliphatic rings. The molecule has 0 radical (unpaired) electrons. The molecular formula is C22H18Cl2O2S. The molecule has 3 aromatic carbocycles. The van der Waals surface area contributed by atoms with E-state index in [9.17, 15) is 4.79 Å². The second-order valence-corrected chi connectivity index (χ2v) is 8.16. The highest BCUT2D eigenvalue weighted by Crippen LogP contribution is 2.46. The molecule has 0 aliphatic carbocycles. The van der Waals surface area contributed by atoms with Crippen molar-refractivity contribution in [1.29, 1.82) is 0 Å². The molecule has 0 aliphatic heterocycles. The average Bonchev–Trinajstić information content (AvgIpc) is 2.71. The van der Waals surface area contributed by atoms with E-state index in [0.717, 1.165) is 16.0 Å². The van der Waals surface area contributed by atoms with Crippen molar-refractivity contribution in [2.75, 3.05) is 7.11 Å². The van der Waals surface area contributed by atoms with Gasteiger partial charge >= 0.3 is 5.97 Å². The van der Waals surface area contributed by atoms with E-state index in [1.54, 1.807) is 18.2 Å². The van der Waals surface area contributed by atoms with E-state index in [4.69, 9.17) is 27.9 Å². The molecule has 0 N–H and O–H groups in total. The maximum atomic E-state index is 13.1. The molecule has 5 heteroatoms. The van der Waals surface area contributed by atoms with E-state index >= 15 is 0 Å². The van der Waals surface area contributed by atoms with Gasteiger partial charge in [-0.3, -0.25) is 4.79 Å². The number of thioether (sulfide) groups is 1. The fourth-order valence-corrected chi connectivity index (χ4v) is 4.80. The predicted molar refractivity (Wildman–Crippen MR) is 113 cm³/mol. The minimum absolute atomic E-state index is 0.307. The molecule has 3 rings (SSSR count). The first kappa shape index (κ1) is 19.8. The Kier molecular flexibility index (Phi) is 6.48. The number of esters is 1. The Morgan fingerprint density at radius 3 is 2.00 bits per heavy atom. The number of hydrogen-bond acceptors (Lipinski definition) is 3. The van der Waals surface area contributed by atoms with Crippen LogP contribution in [0.15, 0.2) is 83.8 Å². The van der Waals surface area contributed by atoms with Crippen LogP contribution in [0.25, 0.3) is 0 Å². The van der Waals surface area contributed by atoms with E-state index in [1.807, 2.05) is 60.7 Å². The predicted octanol–water partition coefficient (Wildman–Crippen LogP) is 6.40. The van der Waals surface area contributed by atoms with Gasteiger partial charge in [-0.15, -0.1) is 11.8 Å². The molecule has 2 nitrogen and oxygen atoms in total. The lowest BCUT2D eigenvalue weighted by molar-refractivity contribution is -0.143. The van der Waals surface area contributed by atoms with E-state index in [-0.39, 0.29) is 5.97 Å². The number of carbonyl (C=O) groups is 1. The molecule has 27 heavy (non-hydrogen) atoms. The maximum Gasteiger partial charge on any atom is 0.327 e. The van der Waals surface area contributed by atoms with Gasteiger partial charge in [0.25, 0.3) is 0 Å². The monoisotopic (exact) mass is 416 g/mol. The number of carbonyl (C=O) groups excluding carboxylic acids is 1. The SMILES string of the molecule is COC(=O)C(Cc1c(Cl)cccc1Cl)(Sc1ccccc1)c1ccccc1. The summed E-state index contributed by atoms with van der Waals surface area (Å²) >= 11 is 14.3. The van der Waals surface area contributed by atoms with Crippen LogP contribution in [0.4, 0.5) is 0 Å². The minimum Gasteiger partial charge on any atom is -0.468 e. The molecule has 0 fully saturated rings. The van der Waals surface area contributed by atoms with Crippen molar-refractivity contribution in [2.45, 2.75) is 16.1 Å². The van der Waals surface area contributed by atoms with Crippen molar-refractivity contribution >= 4 is 40.9 Å². The summed E-state index contributed by atoms with van der Waals surface area (Å²) in [6, 6.07) is 24.7. The lowest BCUT2D eigenvalue weighted by Gasteiger charge is -2.32. The summed E-state index contributed by atoms with van der Waals surface area (Å²) in [4.78, 5) is 14.1. The molecule has 0 saturated carbocycles. The third-order valence-corrected chi connectivity index (χ3v) is 6.39. The van der Waals surface area contributed by atoms with Crippen LogP contribution < -0.4 is 0 Å². The van der Waals surface area contributed by atoms with E-state index in [1.165, 1.54) is 18.9 Å². The molecule has 0 amide bonds. The molecule has 0 saturated heterocycles. The summed E-state index contributed by atoms with van der Waals surface area (Å²) in [5.41, 5.74) is 1.56. The van der Waals surface area contributed by atoms with Gasteiger partial charge < -0.3 is 4.74 Å². The van der Waals surface area contributed by atoms with E-state index < -0.39 is 4.75 Å². The van der Waals surface area contributed by atoms with Gasteiger partial charge in [-0.2, -0.15) is 0 Å². The summed E-state index contributed by atoms with van der Waals surface area (Å²) in [5, 5.41) is 1.06. The van der Waals surface area contributed by atoms with Crippen LogP contribution in [0.5, 0.6) is 0 Å². The first-order valence-electron chi connectivity index (χ1n) is 8.38. The zero-order chi connectivity index (χ0) is 19.3. The summed E-state index contributed by atoms with van der Waals surface area (Å²) in [7, 11) is 1.40. The molecule has 0 bridgehead atoms. The Labute approximate surface area is 173 Å². The minimum atomic E-state index is -1.02. The smallest absolute Gasteiger partial charge is 0.327 e. The van der Waals surface area contributed by atoms with Crippen molar-refractivity contribution < 1.29 is 9.53 Å². The number of methoxy groups -OCH3 is 1. The van der Waals surface area contributed by atoms with Gasteiger partial charge in [0.1, 0.15) is 4.75 Å². The first-order valence-corrected chi connectivity index (χ1v) is 9.95. The van der Waals surface area contributed by atoms with Crippen LogP contribution in [0.3, 0.4) is 0 Å². The fourth-order valence-electron chi connectivity index (χ4n) is 2.94. The summed E-state index contributed by atoms with van der Waals surface area (Å²) < 4.78 is 4.23. The molecule has 1 atom stereocenters. The van der Waals surface area contributed by atoms with Crippen molar-refractivity contribution in [2.24, 2.45) is 0 Å². The zero-order valence-corrected chi connectivity index (χ0v) is 17.0. The fraction of sp³-hybridized carbons (Fsp3) is 0.136. The molecule has 0 aromatic heterocycles. The number of rotatable bonds is 6. The van der Waals surface area contributed by atoms with Crippen LogP contribution in [0.2, 0.25) is 10.0 Å². The topological polar surface area (TPSA) is 26.3 Å². The Balaban J connectivity index is 2.18. The van der Waals surface area contributed by atoms with Crippen LogP contribution in [-0.2, 0) is 20.7 Å². The van der Waals surface area contributed by atoms with E-state index in [0.29, 0.717) is 16.5 Å². The highest BCUT2D eigenvalue weighted by Gasteiger charge is 2.43. The van der Waals surface area contributed by atoms with Gasteiger partial charge in [-0.25, -0.2) is 0 Å². The summed E-state index contributed by atoms with van der Waals surface area (Å²) in [6.07, 6.45) is 0.307. The largest absolute Gasteiger partial charge is 0.468 e. The summed E-state index contributed by atoms with van der Waals surface area (Å²) in [6.45, 7) is 0. The number of ether oxygens (including phenoxy) is 1. The second kappa shape index (κ2) is 8.83. The van der Waals surface area contributed by atoms with Crippen molar-refractivity contribution in [1.82, 2.24) is 0 Å². The molecular weight excluding hydrogens is 399 g/mol. The van der Waals surface area contributed by atoms with Crippen molar-refractivity contribution in [3.8, 4) is 0 Å². The summed E-state index contributed by atoms with van der Waals surface area (Å²) in [5.74, 6) is -0.349. The molecule has 0 spiro atoms. The van der Waals surface area contributed by atoms with Gasteiger partial charge in [-0.05, 0) is 35.4 Å². The van der Waals surface area contributed by atoms with Crippen LogP contribution in [0, 0.1) is 0 Å². The molecule has 0 heterocycles. The van der Waals surface area contributed by atoms with Crippen molar-refractivity contribution in [3.05, 3.63) is 100 Å². The quantitative estimate of drug-likeness (QED) is 0.343. The Morgan fingerprint density at radius 2 is 1.44 bits per heavy atom. The average molecular weight is 417 g/mol. The number of benzene rings is 3. The van der Waals surface area contributed by atoms with Gasteiger partial charge in [0.15, 0.2) is 0 Å². The van der Waals surface area contributed by atoms with Crippen molar-refractivity contribution in [3.63, 3.8) is 0 Å². The Morgan fingerprint density at radius 1 is 0.889 bits per heavy atom. The van der Waals surface area contributed by atoms with Gasteiger partial charge in [-0.1, -0.05) is 77.8 Å². The number of hydrogen-bond donors (Lipinski definition) is 0.